The second kappa shape index (κ2) is 9.33. The molecule has 0 aliphatic carbocycles. The molecule has 0 amide bonds. The average Bonchev–Trinajstić information content (AvgIpc) is 2.90. The molecule has 0 saturated heterocycles. The molecule has 0 aliphatic rings. The molecule has 5 aromatic rings. The standard InChI is InChI=1S/C31H24OP/c1-32-31-26(22-21-25-13-11-12-20-30(25)31)23-24-33(27-14-5-2-6-15-27,28-16-7-3-8-17-28)29-18-9-4-10-19-29/h2-22H,1H3/q+1. The summed E-state index contributed by atoms with van der Waals surface area (Å²) in [7, 11) is -0.503. The fourth-order valence-electron chi connectivity index (χ4n) is 4.30. The molecule has 158 valence electrons. The number of methoxy groups -OCH3 is 1. The maximum atomic E-state index is 5.85. The van der Waals surface area contributed by atoms with Gasteiger partial charge in [0.2, 0.25) is 0 Å². The molecular formula is C31H24OP+. The molecule has 33 heavy (non-hydrogen) atoms. The molecule has 1 nitrogen and oxygen atoms in total. The van der Waals surface area contributed by atoms with Crippen LogP contribution in [-0.4, -0.2) is 7.11 Å². The predicted molar refractivity (Wildman–Crippen MR) is 143 cm³/mol. The van der Waals surface area contributed by atoms with Gasteiger partial charge in [-0.3, -0.25) is 0 Å². The van der Waals surface area contributed by atoms with Crippen molar-refractivity contribution in [3.63, 3.8) is 0 Å². The Hall–Kier alpha value is -3.85. The number of fused-ring (bicyclic) bond motifs is 1. The van der Waals surface area contributed by atoms with E-state index in [0.717, 1.165) is 22.1 Å². The monoisotopic (exact) mass is 443 g/mol. The smallest absolute Gasteiger partial charge is 0.189 e. The van der Waals surface area contributed by atoms with Gasteiger partial charge in [0.05, 0.1) is 18.3 Å². The molecule has 0 spiro atoms. The molecule has 0 radical (unpaired) electrons. The van der Waals surface area contributed by atoms with Gasteiger partial charge in [0.1, 0.15) is 21.7 Å². The van der Waals surface area contributed by atoms with E-state index in [1.54, 1.807) is 7.11 Å². The molecule has 0 aliphatic heterocycles. The van der Waals surface area contributed by atoms with E-state index in [9.17, 15) is 0 Å². The first-order valence-corrected chi connectivity index (χ1v) is 12.8. The van der Waals surface area contributed by atoms with E-state index in [4.69, 9.17) is 4.74 Å². The Kier molecular flexibility index (Phi) is 5.95. The molecule has 5 aromatic carbocycles. The Morgan fingerprint density at radius 3 is 1.55 bits per heavy atom. The Morgan fingerprint density at radius 2 is 1.03 bits per heavy atom. The molecule has 0 N–H and O–H groups in total. The third-order valence-corrected chi connectivity index (χ3v) is 9.54. The summed E-state index contributed by atoms with van der Waals surface area (Å²) in [6.07, 6.45) is 0. The average molecular weight is 444 g/mol. The predicted octanol–water partition coefficient (Wildman–Crippen LogP) is 6.15. The van der Waals surface area contributed by atoms with Crippen LogP contribution in [0.1, 0.15) is 5.56 Å². The lowest BCUT2D eigenvalue weighted by atomic mass is 10.1. The van der Waals surface area contributed by atoms with Crippen LogP contribution in [0.3, 0.4) is 0 Å². The highest BCUT2D eigenvalue weighted by Crippen LogP contribution is 2.54. The van der Waals surface area contributed by atoms with E-state index in [0.29, 0.717) is 0 Å². The van der Waals surface area contributed by atoms with E-state index in [1.807, 2.05) is 12.1 Å². The van der Waals surface area contributed by atoms with Gasteiger partial charge in [-0.25, -0.2) is 0 Å². The molecule has 0 heterocycles. The van der Waals surface area contributed by atoms with Crippen molar-refractivity contribution < 1.29 is 4.74 Å². The SMILES string of the molecule is COc1c(C#C[P+](c2ccccc2)(c2ccccc2)c2ccccc2)ccc2ccccc12. The zero-order valence-electron chi connectivity index (χ0n) is 18.5. The molecule has 0 bridgehead atoms. The quantitative estimate of drug-likeness (QED) is 0.239. The van der Waals surface area contributed by atoms with Gasteiger partial charge in [0, 0.05) is 5.39 Å². The zero-order chi connectivity index (χ0) is 22.5. The summed E-state index contributed by atoms with van der Waals surface area (Å²) in [4.78, 5) is 0. The van der Waals surface area contributed by atoms with Crippen molar-refractivity contribution in [1.82, 2.24) is 0 Å². The van der Waals surface area contributed by atoms with Gasteiger partial charge >= 0.3 is 0 Å². The van der Waals surface area contributed by atoms with E-state index in [1.165, 1.54) is 15.9 Å². The van der Waals surface area contributed by atoms with Gasteiger partial charge in [-0.05, 0) is 53.8 Å². The number of hydrogen-bond donors (Lipinski definition) is 0. The third-order valence-electron chi connectivity index (χ3n) is 5.87. The van der Waals surface area contributed by atoms with Crippen molar-refractivity contribution in [2.75, 3.05) is 7.11 Å². The van der Waals surface area contributed by atoms with Gasteiger partial charge in [-0.2, -0.15) is 0 Å². The third kappa shape index (κ3) is 3.91. The Morgan fingerprint density at radius 1 is 0.545 bits per heavy atom. The Bertz CT molecular complexity index is 1340. The molecule has 0 saturated carbocycles. The number of hydrogen-bond acceptors (Lipinski definition) is 1. The minimum atomic E-state index is -2.23. The maximum Gasteiger partial charge on any atom is 0.189 e. The zero-order valence-corrected chi connectivity index (χ0v) is 19.4. The van der Waals surface area contributed by atoms with Crippen LogP contribution in [0.25, 0.3) is 10.8 Å². The van der Waals surface area contributed by atoms with Gasteiger partial charge in [0.15, 0.2) is 7.26 Å². The maximum absolute atomic E-state index is 5.85. The second-order valence-electron chi connectivity index (χ2n) is 7.78. The normalized spacial score (nSPS) is 10.9. The fraction of sp³-hybridized carbons (Fsp3) is 0.0323. The van der Waals surface area contributed by atoms with Crippen molar-refractivity contribution in [2.45, 2.75) is 0 Å². The van der Waals surface area contributed by atoms with Crippen LogP contribution in [0.5, 0.6) is 5.75 Å². The first-order valence-electron chi connectivity index (χ1n) is 11.0. The lowest BCUT2D eigenvalue weighted by molar-refractivity contribution is 0.418. The number of rotatable bonds is 4. The summed E-state index contributed by atoms with van der Waals surface area (Å²) in [5, 5.41) is 5.96. The number of ether oxygens (including phenoxy) is 1. The van der Waals surface area contributed by atoms with Crippen LogP contribution in [0.2, 0.25) is 0 Å². The summed E-state index contributed by atoms with van der Waals surface area (Å²) >= 11 is 0. The lowest BCUT2D eigenvalue weighted by Crippen LogP contribution is -2.29. The lowest BCUT2D eigenvalue weighted by Gasteiger charge is -2.21. The molecule has 0 atom stereocenters. The van der Waals surface area contributed by atoms with E-state index in [2.05, 4.69) is 127 Å². The van der Waals surface area contributed by atoms with Gasteiger partial charge in [0.25, 0.3) is 0 Å². The van der Waals surface area contributed by atoms with Crippen molar-refractivity contribution in [1.29, 1.82) is 0 Å². The summed E-state index contributed by atoms with van der Waals surface area (Å²) in [6, 6.07) is 44.5. The van der Waals surface area contributed by atoms with Crippen LogP contribution in [0.15, 0.2) is 127 Å². The van der Waals surface area contributed by atoms with Gasteiger partial charge in [-0.15, -0.1) is 0 Å². The highest BCUT2D eigenvalue weighted by molar-refractivity contribution is 7.99. The fourth-order valence-corrected chi connectivity index (χ4v) is 7.73. The highest BCUT2D eigenvalue weighted by atomic mass is 31.2. The van der Waals surface area contributed by atoms with Crippen molar-refractivity contribution in [3.05, 3.63) is 133 Å². The van der Waals surface area contributed by atoms with Gasteiger partial charge in [-0.1, -0.05) is 84.9 Å². The first kappa shape index (κ1) is 21.0. The van der Waals surface area contributed by atoms with Crippen LogP contribution in [-0.2, 0) is 0 Å². The Labute approximate surface area is 196 Å². The molecule has 0 unspecified atom stereocenters. The summed E-state index contributed by atoms with van der Waals surface area (Å²) < 4.78 is 5.85. The first-order chi connectivity index (χ1) is 16.3. The van der Waals surface area contributed by atoms with E-state index < -0.39 is 7.26 Å². The number of benzene rings is 5. The van der Waals surface area contributed by atoms with Gasteiger partial charge < -0.3 is 4.74 Å². The van der Waals surface area contributed by atoms with E-state index in [-0.39, 0.29) is 0 Å². The van der Waals surface area contributed by atoms with Crippen molar-refractivity contribution >= 4 is 33.9 Å². The van der Waals surface area contributed by atoms with Crippen LogP contribution >= 0.6 is 7.26 Å². The molecule has 0 aromatic heterocycles. The highest BCUT2D eigenvalue weighted by Gasteiger charge is 2.44. The minimum Gasteiger partial charge on any atom is -0.495 e. The van der Waals surface area contributed by atoms with E-state index >= 15 is 0 Å². The molecule has 5 rings (SSSR count). The van der Waals surface area contributed by atoms with Crippen LogP contribution in [0, 0.1) is 11.6 Å². The van der Waals surface area contributed by atoms with Crippen molar-refractivity contribution in [2.24, 2.45) is 0 Å². The van der Waals surface area contributed by atoms with Crippen LogP contribution in [0.4, 0.5) is 0 Å². The molecular weight excluding hydrogens is 419 g/mol. The minimum absolute atomic E-state index is 0.827. The summed E-state index contributed by atoms with van der Waals surface area (Å²) in [5.41, 5.74) is 4.72. The Balaban J connectivity index is 1.81. The summed E-state index contributed by atoms with van der Waals surface area (Å²) in [6.45, 7) is 0. The summed E-state index contributed by atoms with van der Waals surface area (Å²) in [5.74, 6) is 4.39. The van der Waals surface area contributed by atoms with Crippen molar-refractivity contribution in [3.8, 4) is 17.3 Å². The molecule has 0 fully saturated rings. The second-order valence-corrected chi connectivity index (χ2v) is 10.9. The topological polar surface area (TPSA) is 9.23 Å². The largest absolute Gasteiger partial charge is 0.495 e. The molecule has 2 heteroatoms. The van der Waals surface area contributed by atoms with Crippen LogP contribution < -0.4 is 20.7 Å².